The van der Waals surface area contributed by atoms with Crippen molar-refractivity contribution in [2.75, 3.05) is 19.8 Å². The number of urea groups is 1. The molecule has 1 aliphatic rings. The molecule has 134 valence electrons. The minimum absolute atomic E-state index is 0.0486. The van der Waals surface area contributed by atoms with E-state index in [1.165, 1.54) is 18.2 Å². The number of aliphatic hydroxyl groups is 1. The second kappa shape index (κ2) is 8.94. The number of carbonyl (C=O) groups is 1. The molecule has 0 spiro atoms. The molecule has 2 amide bonds. The third kappa shape index (κ3) is 5.42. The Labute approximate surface area is 140 Å². The molecule has 1 aromatic rings. The van der Waals surface area contributed by atoms with E-state index in [0.717, 1.165) is 12.8 Å². The molecule has 1 heterocycles. The van der Waals surface area contributed by atoms with Crippen molar-refractivity contribution in [1.29, 1.82) is 0 Å². The lowest BCUT2D eigenvalue weighted by Crippen LogP contribution is -2.46. The first-order valence-electron chi connectivity index (χ1n) is 8.20. The average molecular weight is 342 g/mol. The van der Waals surface area contributed by atoms with Gasteiger partial charge in [0.25, 0.3) is 0 Å². The number of nitrogens with one attached hydrogen (secondary N) is 2. The first-order valence-corrected chi connectivity index (χ1v) is 8.20. The maximum absolute atomic E-state index is 13.6. The van der Waals surface area contributed by atoms with E-state index in [9.17, 15) is 18.7 Å². The molecule has 24 heavy (non-hydrogen) atoms. The predicted molar refractivity (Wildman–Crippen MR) is 85.6 cm³/mol. The molecule has 0 aromatic heterocycles. The highest BCUT2D eigenvalue weighted by Crippen LogP contribution is 2.18. The van der Waals surface area contributed by atoms with Crippen molar-refractivity contribution < 1.29 is 23.4 Å². The van der Waals surface area contributed by atoms with Gasteiger partial charge in [-0.1, -0.05) is 6.07 Å². The summed E-state index contributed by atoms with van der Waals surface area (Å²) in [6.07, 6.45) is 0.967. The van der Waals surface area contributed by atoms with Crippen LogP contribution in [0.4, 0.5) is 13.6 Å². The highest BCUT2D eigenvalue weighted by molar-refractivity contribution is 5.74. The molecule has 7 heteroatoms. The highest BCUT2D eigenvalue weighted by Gasteiger charge is 2.22. The van der Waals surface area contributed by atoms with Crippen LogP contribution in [0.2, 0.25) is 0 Å². The normalized spacial score (nSPS) is 18.0. The van der Waals surface area contributed by atoms with Gasteiger partial charge >= 0.3 is 6.03 Å². The minimum Gasteiger partial charge on any atom is -0.391 e. The molecular formula is C17H24F2N2O3. The fourth-order valence-corrected chi connectivity index (χ4v) is 2.82. The smallest absolute Gasteiger partial charge is 0.315 e. The highest BCUT2D eigenvalue weighted by atomic mass is 19.1. The summed E-state index contributed by atoms with van der Waals surface area (Å²) in [5.74, 6) is -1.14. The zero-order valence-corrected chi connectivity index (χ0v) is 13.7. The maximum atomic E-state index is 13.6. The molecule has 1 aliphatic heterocycles. The van der Waals surface area contributed by atoms with Crippen molar-refractivity contribution >= 4 is 6.03 Å². The summed E-state index contributed by atoms with van der Waals surface area (Å²) in [6, 6.07) is 2.77. The summed E-state index contributed by atoms with van der Waals surface area (Å²) in [4.78, 5) is 11.9. The Balaban J connectivity index is 1.75. The van der Waals surface area contributed by atoms with Crippen LogP contribution in [0.25, 0.3) is 0 Å². The maximum Gasteiger partial charge on any atom is 0.315 e. The van der Waals surface area contributed by atoms with Gasteiger partial charge in [-0.2, -0.15) is 0 Å². The summed E-state index contributed by atoms with van der Waals surface area (Å²) in [6.45, 7) is 3.05. The quantitative estimate of drug-likeness (QED) is 0.740. The monoisotopic (exact) mass is 342 g/mol. The van der Waals surface area contributed by atoms with E-state index < -0.39 is 29.8 Å². The Morgan fingerprint density at radius 2 is 1.96 bits per heavy atom. The van der Waals surface area contributed by atoms with Crippen molar-refractivity contribution in [1.82, 2.24) is 10.6 Å². The fourth-order valence-electron chi connectivity index (χ4n) is 2.82. The number of benzene rings is 1. The SMILES string of the molecule is C[C@H](Cc1c(F)cccc1F)NC(=O)NC[C@H](O)C1CCOCC1. The van der Waals surface area contributed by atoms with E-state index in [-0.39, 0.29) is 24.4 Å². The molecule has 1 aromatic carbocycles. The fraction of sp³-hybridized carbons (Fsp3) is 0.588. The lowest BCUT2D eigenvalue weighted by atomic mass is 9.94. The van der Waals surface area contributed by atoms with Crippen molar-refractivity contribution in [2.24, 2.45) is 5.92 Å². The number of aliphatic hydroxyl groups excluding tert-OH is 1. The van der Waals surface area contributed by atoms with Gasteiger partial charge in [-0.3, -0.25) is 0 Å². The second-order valence-electron chi connectivity index (χ2n) is 6.18. The topological polar surface area (TPSA) is 70.6 Å². The lowest BCUT2D eigenvalue weighted by molar-refractivity contribution is 0.00949. The Bertz CT molecular complexity index is 530. The lowest BCUT2D eigenvalue weighted by Gasteiger charge is -2.27. The van der Waals surface area contributed by atoms with Gasteiger partial charge in [0.05, 0.1) is 6.10 Å². The van der Waals surface area contributed by atoms with Crippen molar-refractivity contribution in [2.45, 2.75) is 38.3 Å². The molecule has 0 aliphatic carbocycles. The number of ether oxygens (including phenoxy) is 1. The van der Waals surface area contributed by atoms with Crippen LogP contribution in [0.1, 0.15) is 25.3 Å². The van der Waals surface area contributed by atoms with Crippen LogP contribution >= 0.6 is 0 Å². The largest absolute Gasteiger partial charge is 0.391 e. The molecule has 2 rings (SSSR count). The molecule has 1 fully saturated rings. The van der Waals surface area contributed by atoms with Crippen molar-refractivity contribution in [3.8, 4) is 0 Å². The third-order valence-electron chi connectivity index (χ3n) is 4.23. The predicted octanol–water partition coefficient (Wildman–Crippen LogP) is 1.98. The summed E-state index contributed by atoms with van der Waals surface area (Å²) < 4.78 is 32.4. The molecule has 0 unspecified atom stereocenters. The summed E-state index contributed by atoms with van der Waals surface area (Å²) >= 11 is 0. The molecule has 3 N–H and O–H groups in total. The Morgan fingerprint density at radius 1 is 1.33 bits per heavy atom. The summed E-state index contributed by atoms with van der Waals surface area (Å²) in [5, 5.41) is 15.3. The van der Waals surface area contributed by atoms with Crippen molar-refractivity contribution in [3.63, 3.8) is 0 Å². The Hall–Kier alpha value is -1.73. The third-order valence-corrected chi connectivity index (χ3v) is 4.23. The van der Waals surface area contributed by atoms with Gasteiger partial charge < -0.3 is 20.5 Å². The van der Waals surface area contributed by atoms with Gasteiger partial charge in [0, 0.05) is 31.4 Å². The van der Waals surface area contributed by atoms with Crippen LogP contribution in [0.15, 0.2) is 18.2 Å². The van der Waals surface area contributed by atoms with E-state index in [2.05, 4.69) is 10.6 Å². The Kier molecular flexibility index (Phi) is 6.93. The van der Waals surface area contributed by atoms with Gasteiger partial charge in [0.15, 0.2) is 0 Å². The number of carbonyl (C=O) groups excluding carboxylic acids is 1. The molecule has 0 bridgehead atoms. The minimum atomic E-state index is -0.626. The van der Waals surface area contributed by atoms with E-state index in [1.807, 2.05) is 0 Å². The van der Waals surface area contributed by atoms with E-state index in [0.29, 0.717) is 13.2 Å². The van der Waals surface area contributed by atoms with Crippen LogP contribution in [-0.2, 0) is 11.2 Å². The number of hydrogen-bond acceptors (Lipinski definition) is 3. The number of halogens is 2. The zero-order valence-electron chi connectivity index (χ0n) is 13.7. The first-order chi connectivity index (χ1) is 11.5. The molecule has 1 saturated heterocycles. The molecule has 0 radical (unpaired) electrons. The number of amides is 2. The van der Waals surface area contributed by atoms with Gasteiger partial charge in [-0.05, 0) is 44.2 Å². The van der Waals surface area contributed by atoms with E-state index >= 15 is 0 Å². The summed E-state index contributed by atoms with van der Waals surface area (Å²) in [5.41, 5.74) is -0.0486. The van der Waals surface area contributed by atoms with E-state index in [1.54, 1.807) is 6.92 Å². The Morgan fingerprint density at radius 3 is 2.58 bits per heavy atom. The second-order valence-corrected chi connectivity index (χ2v) is 6.18. The number of hydrogen-bond donors (Lipinski definition) is 3. The summed E-state index contributed by atoms with van der Waals surface area (Å²) in [7, 11) is 0. The molecule has 5 nitrogen and oxygen atoms in total. The van der Waals surface area contributed by atoms with Crippen LogP contribution in [0, 0.1) is 17.6 Å². The molecule has 2 atom stereocenters. The zero-order chi connectivity index (χ0) is 17.5. The van der Waals surface area contributed by atoms with Crippen LogP contribution < -0.4 is 10.6 Å². The van der Waals surface area contributed by atoms with Gasteiger partial charge in [0.1, 0.15) is 11.6 Å². The van der Waals surface area contributed by atoms with Crippen LogP contribution in [0.3, 0.4) is 0 Å². The first kappa shape index (κ1) is 18.6. The van der Waals surface area contributed by atoms with Crippen LogP contribution in [0.5, 0.6) is 0 Å². The van der Waals surface area contributed by atoms with Gasteiger partial charge in [-0.15, -0.1) is 0 Å². The molecule has 0 saturated carbocycles. The van der Waals surface area contributed by atoms with Gasteiger partial charge in [0.2, 0.25) is 0 Å². The standard InChI is InChI=1S/C17H24F2N2O3/c1-11(9-13-14(18)3-2-4-15(13)19)21-17(23)20-10-16(22)12-5-7-24-8-6-12/h2-4,11-12,16,22H,5-10H2,1H3,(H2,20,21,23)/t11-,16+/m1/s1. The van der Waals surface area contributed by atoms with Crippen molar-refractivity contribution in [3.05, 3.63) is 35.4 Å². The van der Waals surface area contributed by atoms with Crippen LogP contribution in [-0.4, -0.2) is 43.0 Å². The van der Waals surface area contributed by atoms with Gasteiger partial charge in [-0.25, -0.2) is 13.6 Å². The number of rotatable bonds is 6. The van der Waals surface area contributed by atoms with E-state index in [4.69, 9.17) is 4.74 Å². The average Bonchev–Trinajstić information content (AvgIpc) is 2.57. The molecular weight excluding hydrogens is 318 g/mol.